The standard InChI is InChI=1S/C15H18FN3O/c1-3-8-20-15-9-14(18-11(2)19-15)17-10-12-4-6-13(16)7-5-12/h4-7,9H,3,8,10H2,1-2H3,(H,17,18,19). The molecule has 20 heavy (non-hydrogen) atoms. The first kappa shape index (κ1) is 14.2. The van der Waals surface area contributed by atoms with E-state index in [9.17, 15) is 4.39 Å². The molecule has 2 aromatic rings. The highest BCUT2D eigenvalue weighted by Gasteiger charge is 2.03. The number of nitrogens with one attached hydrogen (secondary N) is 1. The molecule has 0 fully saturated rings. The van der Waals surface area contributed by atoms with Crippen molar-refractivity contribution < 1.29 is 9.13 Å². The molecule has 1 heterocycles. The third-order valence-corrected chi connectivity index (χ3v) is 2.66. The Labute approximate surface area is 118 Å². The average molecular weight is 275 g/mol. The highest BCUT2D eigenvalue weighted by Crippen LogP contribution is 2.14. The summed E-state index contributed by atoms with van der Waals surface area (Å²) in [6.07, 6.45) is 0.932. The molecule has 0 spiro atoms. The lowest BCUT2D eigenvalue weighted by molar-refractivity contribution is 0.304. The van der Waals surface area contributed by atoms with E-state index >= 15 is 0 Å². The maximum atomic E-state index is 12.8. The van der Waals surface area contributed by atoms with E-state index in [2.05, 4.69) is 15.3 Å². The van der Waals surface area contributed by atoms with Crippen molar-refractivity contribution in [2.24, 2.45) is 0 Å². The van der Waals surface area contributed by atoms with Crippen LogP contribution >= 0.6 is 0 Å². The Morgan fingerprint density at radius 2 is 1.95 bits per heavy atom. The zero-order valence-corrected chi connectivity index (χ0v) is 11.7. The first-order valence-electron chi connectivity index (χ1n) is 6.64. The molecule has 5 heteroatoms. The van der Waals surface area contributed by atoms with E-state index in [0.29, 0.717) is 30.7 Å². The van der Waals surface area contributed by atoms with Gasteiger partial charge in [-0.3, -0.25) is 0 Å². The van der Waals surface area contributed by atoms with Gasteiger partial charge in [0.2, 0.25) is 5.88 Å². The van der Waals surface area contributed by atoms with Crippen LogP contribution in [0.2, 0.25) is 0 Å². The number of aromatic nitrogens is 2. The molecule has 0 amide bonds. The molecular weight excluding hydrogens is 257 g/mol. The summed E-state index contributed by atoms with van der Waals surface area (Å²) in [5, 5.41) is 3.18. The summed E-state index contributed by atoms with van der Waals surface area (Å²) in [6.45, 7) is 5.07. The Morgan fingerprint density at radius 1 is 1.20 bits per heavy atom. The van der Waals surface area contributed by atoms with E-state index in [1.165, 1.54) is 12.1 Å². The van der Waals surface area contributed by atoms with Gasteiger partial charge in [0.15, 0.2) is 0 Å². The molecule has 106 valence electrons. The van der Waals surface area contributed by atoms with Crippen molar-refractivity contribution in [1.82, 2.24) is 9.97 Å². The van der Waals surface area contributed by atoms with Crippen LogP contribution in [-0.2, 0) is 6.54 Å². The van der Waals surface area contributed by atoms with Crippen molar-refractivity contribution in [1.29, 1.82) is 0 Å². The smallest absolute Gasteiger partial charge is 0.218 e. The fourth-order valence-corrected chi connectivity index (χ4v) is 1.71. The predicted octanol–water partition coefficient (Wildman–Crippen LogP) is 3.33. The van der Waals surface area contributed by atoms with Crippen molar-refractivity contribution in [3.05, 3.63) is 47.5 Å². The van der Waals surface area contributed by atoms with Gasteiger partial charge in [0, 0.05) is 12.6 Å². The summed E-state index contributed by atoms with van der Waals surface area (Å²) < 4.78 is 18.3. The third-order valence-electron chi connectivity index (χ3n) is 2.66. The Bertz CT molecular complexity index is 558. The van der Waals surface area contributed by atoms with Crippen LogP contribution in [0.1, 0.15) is 24.7 Å². The summed E-state index contributed by atoms with van der Waals surface area (Å²) in [5.41, 5.74) is 0.985. The number of benzene rings is 1. The van der Waals surface area contributed by atoms with Crippen LogP contribution in [0.3, 0.4) is 0 Å². The Hall–Kier alpha value is -2.17. The van der Waals surface area contributed by atoms with E-state index in [0.717, 1.165) is 12.0 Å². The molecule has 0 aliphatic rings. The van der Waals surface area contributed by atoms with Gasteiger partial charge >= 0.3 is 0 Å². The van der Waals surface area contributed by atoms with Crippen LogP contribution in [0.25, 0.3) is 0 Å². The predicted molar refractivity (Wildman–Crippen MR) is 76.3 cm³/mol. The highest BCUT2D eigenvalue weighted by atomic mass is 19.1. The molecule has 0 aliphatic heterocycles. The first-order valence-corrected chi connectivity index (χ1v) is 6.64. The van der Waals surface area contributed by atoms with Crippen LogP contribution in [-0.4, -0.2) is 16.6 Å². The normalized spacial score (nSPS) is 10.3. The topological polar surface area (TPSA) is 47.0 Å². The molecule has 0 saturated heterocycles. The van der Waals surface area contributed by atoms with Gasteiger partial charge in [-0.15, -0.1) is 0 Å². The number of anilines is 1. The summed E-state index contributed by atoms with van der Waals surface area (Å²) >= 11 is 0. The molecule has 0 aliphatic carbocycles. The minimum Gasteiger partial charge on any atom is -0.478 e. The number of aryl methyl sites for hydroxylation is 1. The Kier molecular flexibility index (Phi) is 4.87. The molecule has 0 saturated carbocycles. The minimum atomic E-state index is -0.234. The molecular formula is C15H18FN3O. The van der Waals surface area contributed by atoms with Crippen LogP contribution in [0, 0.1) is 12.7 Å². The van der Waals surface area contributed by atoms with E-state index in [-0.39, 0.29) is 5.82 Å². The zero-order chi connectivity index (χ0) is 14.4. The van der Waals surface area contributed by atoms with Crippen LogP contribution in [0.15, 0.2) is 30.3 Å². The highest BCUT2D eigenvalue weighted by molar-refractivity contribution is 5.39. The van der Waals surface area contributed by atoms with E-state index in [1.807, 2.05) is 13.8 Å². The van der Waals surface area contributed by atoms with Crippen molar-refractivity contribution in [2.45, 2.75) is 26.8 Å². The molecule has 4 nitrogen and oxygen atoms in total. The van der Waals surface area contributed by atoms with Gasteiger partial charge in [-0.1, -0.05) is 19.1 Å². The third kappa shape index (κ3) is 4.19. The summed E-state index contributed by atoms with van der Waals surface area (Å²) in [5.74, 6) is 1.69. The lowest BCUT2D eigenvalue weighted by Crippen LogP contribution is -2.05. The van der Waals surface area contributed by atoms with Gasteiger partial charge in [0.25, 0.3) is 0 Å². The number of ether oxygens (including phenoxy) is 1. The van der Waals surface area contributed by atoms with Crippen molar-refractivity contribution in [3.8, 4) is 5.88 Å². The molecule has 0 bridgehead atoms. The van der Waals surface area contributed by atoms with E-state index in [1.54, 1.807) is 18.2 Å². The van der Waals surface area contributed by atoms with Crippen molar-refractivity contribution in [3.63, 3.8) is 0 Å². The zero-order valence-electron chi connectivity index (χ0n) is 11.7. The molecule has 1 aromatic heterocycles. The second-order valence-electron chi connectivity index (χ2n) is 4.47. The fourth-order valence-electron chi connectivity index (χ4n) is 1.71. The van der Waals surface area contributed by atoms with Gasteiger partial charge in [-0.05, 0) is 31.0 Å². The quantitative estimate of drug-likeness (QED) is 0.878. The van der Waals surface area contributed by atoms with E-state index < -0.39 is 0 Å². The molecule has 0 radical (unpaired) electrons. The second kappa shape index (κ2) is 6.84. The molecule has 2 rings (SSSR count). The van der Waals surface area contributed by atoms with Gasteiger partial charge in [0.05, 0.1) is 6.61 Å². The SMILES string of the molecule is CCCOc1cc(NCc2ccc(F)cc2)nc(C)n1. The summed E-state index contributed by atoms with van der Waals surface area (Å²) in [6, 6.07) is 8.14. The Morgan fingerprint density at radius 3 is 2.65 bits per heavy atom. The molecule has 1 aromatic carbocycles. The summed E-state index contributed by atoms with van der Waals surface area (Å²) in [4.78, 5) is 8.51. The lowest BCUT2D eigenvalue weighted by atomic mass is 10.2. The Balaban J connectivity index is 2.01. The molecule has 1 N–H and O–H groups in total. The first-order chi connectivity index (χ1) is 9.67. The van der Waals surface area contributed by atoms with Crippen LogP contribution in [0.5, 0.6) is 5.88 Å². The minimum absolute atomic E-state index is 0.234. The second-order valence-corrected chi connectivity index (χ2v) is 4.47. The van der Waals surface area contributed by atoms with Crippen LogP contribution in [0.4, 0.5) is 10.2 Å². The average Bonchev–Trinajstić information content (AvgIpc) is 2.44. The van der Waals surface area contributed by atoms with Crippen molar-refractivity contribution in [2.75, 3.05) is 11.9 Å². The lowest BCUT2D eigenvalue weighted by Gasteiger charge is -2.09. The maximum absolute atomic E-state index is 12.8. The number of halogens is 1. The molecule has 0 atom stereocenters. The van der Waals surface area contributed by atoms with E-state index in [4.69, 9.17) is 4.74 Å². The fraction of sp³-hybridized carbons (Fsp3) is 0.333. The number of rotatable bonds is 6. The monoisotopic (exact) mass is 275 g/mol. The number of nitrogens with zero attached hydrogens (tertiary/aromatic N) is 2. The van der Waals surface area contributed by atoms with Crippen LogP contribution < -0.4 is 10.1 Å². The van der Waals surface area contributed by atoms with Gasteiger partial charge < -0.3 is 10.1 Å². The summed E-state index contributed by atoms with van der Waals surface area (Å²) in [7, 11) is 0. The van der Waals surface area contributed by atoms with Crippen molar-refractivity contribution >= 4 is 5.82 Å². The van der Waals surface area contributed by atoms with Gasteiger partial charge in [0.1, 0.15) is 17.5 Å². The number of hydrogen-bond acceptors (Lipinski definition) is 4. The van der Waals surface area contributed by atoms with Gasteiger partial charge in [-0.2, -0.15) is 4.98 Å². The van der Waals surface area contributed by atoms with Gasteiger partial charge in [-0.25, -0.2) is 9.37 Å². The number of hydrogen-bond donors (Lipinski definition) is 1. The maximum Gasteiger partial charge on any atom is 0.218 e. The molecule has 0 unspecified atom stereocenters. The largest absolute Gasteiger partial charge is 0.478 e.